The lowest BCUT2D eigenvalue weighted by atomic mass is 10.0. The van der Waals surface area contributed by atoms with Gasteiger partial charge in [-0.25, -0.2) is 0 Å². The zero-order valence-electron chi connectivity index (χ0n) is 14.6. The number of thiophene rings is 1. The van der Waals surface area contributed by atoms with Gasteiger partial charge in [-0.1, -0.05) is 12.1 Å². The molecular formula is C18H26Cl2N2O2S. The van der Waals surface area contributed by atoms with Crippen LogP contribution in [0.1, 0.15) is 23.4 Å². The van der Waals surface area contributed by atoms with Crippen LogP contribution < -0.4 is 14.8 Å². The maximum Gasteiger partial charge on any atom is 0.161 e. The summed E-state index contributed by atoms with van der Waals surface area (Å²) < 4.78 is 11.2. The summed E-state index contributed by atoms with van der Waals surface area (Å²) in [6.45, 7) is 6.81. The number of hydrogen-bond donors (Lipinski definition) is 1. The summed E-state index contributed by atoms with van der Waals surface area (Å²) in [5, 5.41) is 5.58. The molecule has 1 aromatic heterocycles. The van der Waals surface area contributed by atoms with Gasteiger partial charge in [0.05, 0.1) is 19.8 Å². The summed E-state index contributed by atoms with van der Waals surface area (Å²) >= 11 is 1.81. The molecule has 0 bridgehead atoms. The van der Waals surface area contributed by atoms with Crippen LogP contribution in [-0.4, -0.2) is 44.8 Å². The number of benzene rings is 1. The smallest absolute Gasteiger partial charge is 0.161 e. The summed E-state index contributed by atoms with van der Waals surface area (Å²) in [4.78, 5) is 3.91. The van der Waals surface area contributed by atoms with E-state index >= 15 is 0 Å². The molecule has 3 rings (SSSR count). The molecule has 0 saturated carbocycles. The highest BCUT2D eigenvalue weighted by Gasteiger charge is 2.25. The highest BCUT2D eigenvalue weighted by atomic mass is 35.5. The van der Waals surface area contributed by atoms with Crippen LogP contribution in [0, 0.1) is 0 Å². The van der Waals surface area contributed by atoms with Crippen LogP contribution in [0.2, 0.25) is 0 Å². The van der Waals surface area contributed by atoms with Crippen LogP contribution in [0.25, 0.3) is 0 Å². The first kappa shape index (κ1) is 22.1. The van der Waals surface area contributed by atoms with E-state index in [4.69, 9.17) is 9.47 Å². The van der Waals surface area contributed by atoms with Crippen molar-refractivity contribution in [1.29, 1.82) is 0 Å². The normalized spacial score (nSPS) is 15.6. The molecule has 4 nitrogen and oxygen atoms in total. The molecule has 140 valence electrons. The Labute approximate surface area is 166 Å². The standard InChI is InChI=1S/C18H24N2O2S.2ClH/c1-3-22-15-7-6-14(13-16(15)21-2)18(17-5-4-12-23-17)20-10-8-19-9-11-20;;/h4-7,12-13,18-19H,3,8-11H2,1-2H3;2*1H/t18-;;/m0../s1. The highest BCUT2D eigenvalue weighted by Crippen LogP contribution is 2.37. The van der Waals surface area contributed by atoms with Gasteiger partial charge in [0.15, 0.2) is 11.5 Å². The third kappa shape index (κ3) is 5.25. The molecule has 1 atom stereocenters. The van der Waals surface area contributed by atoms with Crippen LogP contribution in [-0.2, 0) is 0 Å². The molecule has 1 fully saturated rings. The Morgan fingerprint density at radius 2 is 1.92 bits per heavy atom. The van der Waals surface area contributed by atoms with E-state index < -0.39 is 0 Å². The summed E-state index contributed by atoms with van der Waals surface area (Å²) in [6, 6.07) is 10.9. The van der Waals surface area contributed by atoms with Gasteiger partial charge in [-0.05, 0) is 36.1 Å². The van der Waals surface area contributed by atoms with Crippen molar-refractivity contribution in [2.24, 2.45) is 0 Å². The van der Waals surface area contributed by atoms with Crippen LogP contribution >= 0.6 is 36.2 Å². The molecule has 25 heavy (non-hydrogen) atoms. The topological polar surface area (TPSA) is 33.7 Å². The molecule has 0 aliphatic carbocycles. The molecule has 1 saturated heterocycles. The molecule has 1 aromatic carbocycles. The maximum absolute atomic E-state index is 5.65. The first-order chi connectivity index (χ1) is 11.3. The Morgan fingerprint density at radius 3 is 2.52 bits per heavy atom. The SMILES string of the molecule is CCOc1ccc([C@@H](c2cccs2)N2CCNCC2)cc1OC.Cl.Cl. The third-order valence-electron chi connectivity index (χ3n) is 4.13. The number of halogens is 2. The molecule has 0 unspecified atom stereocenters. The van der Waals surface area contributed by atoms with Gasteiger partial charge in [0, 0.05) is 31.1 Å². The van der Waals surface area contributed by atoms with Crippen LogP contribution in [0.3, 0.4) is 0 Å². The second-order valence-corrected chi connectivity index (χ2v) is 6.53. The van der Waals surface area contributed by atoms with E-state index in [1.54, 1.807) is 7.11 Å². The van der Waals surface area contributed by atoms with Crippen molar-refractivity contribution in [3.05, 3.63) is 46.2 Å². The fourth-order valence-electron chi connectivity index (χ4n) is 3.07. The van der Waals surface area contributed by atoms with E-state index in [1.807, 2.05) is 24.3 Å². The molecule has 7 heteroatoms. The van der Waals surface area contributed by atoms with E-state index in [1.165, 1.54) is 10.4 Å². The van der Waals surface area contributed by atoms with Crippen LogP contribution in [0.4, 0.5) is 0 Å². The predicted molar refractivity (Wildman–Crippen MR) is 109 cm³/mol. The predicted octanol–water partition coefficient (Wildman–Crippen LogP) is 3.99. The van der Waals surface area contributed by atoms with Crippen molar-refractivity contribution in [1.82, 2.24) is 10.2 Å². The average molecular weight is 405 g/mol. The Bertz CT molecular complexity index is 620. The first-order valence-electron chi connectivity index (χ1n) is 8.12. The third-order valence-corrected chi connectivity index (χ3v) is 5.06. The molecule has 2 heterocycles. The summed E-state index contributed by atoms with van der Waals surface area (Å²) in [5.41, 5.74) is 1.26. The molecule has 0 amide bonds. The van der Waals surface area contributed by atoms with Crippen molar-refractivity contribution in [3.8, 4) is 11.5 Å². The van der Waals surface area contributed by atoms with Crippen molar-refractivity contribution in [2.75, 3.05) is 39.9 Å². The summed E-state index contributed by atoms with van der Waals surface area (Å²) in [6.07, 6.45) is 0. The number of hydrogen-bond acceptors (Lipinski definition) is 5. The molecule has 0 spiro atoms. The molecule has 2 aromatic rings. The maximum atomic E-state index is 5.65. The van der Waals surface area contributed by atoms with Crippen molar-refractivity contribution in [2.45, 2.75) is 13.0 Å². The molecule has 0 radical (unpaired) electrons. The second-order valence-electron chi connectivity index (χ2n) is 5.55. The number of rotatable bonds is 6. The van der Waals surface area contributed by atoms with Gasteiger partial charge < -0.3 is 14.8 Å². The van der Waals surface area contributed by atoms with Gasteiger partial charge >= 0.3 is 0 Å². The van der Waals surface area contributed by atoms with Crippen molar-refractivity contribution < 1.29 is 9.47 Å². The zero-order chi connectivity index (χ0) is 16.1. The van der Waals surface area contributed by atoms with E-state index in [0.717, 1.165) is 37.7 Å². The van der Waals surface area contributed by atoms with Gasteiger partial charge in [0.2, 0.25) is 0 Å². The number of nitrogens with one attached hydrogen (secondary N) is 1. The Hall–Kier alpha value is -0.980. The van der Waals surface area contributed by atoms with Gasteiger partial charge in [-0.15, -0.1) is 36.2 Å². The number of piperazine rings is 1. The van der Waals surface area contributed by atoms with E-state index in [0.29, 0.717) is 6.61 Å². The minimum absolute atomic E-state index is 0. The van der Waals surface area contributed by atoms with E-state index in [2.05, 4.69) is 39.9 Å². The number of ether oxygens (including phenoxy) is 2. The summed E-state index contributed by atoms with van der Waals surface area (Å²) in [5.74, 6) is 1.62. The Morgan fingerprint density at radius 1 is 1.16 bits per heavy atom. The summed E-state index contributed by atoms with van der Waals surface area (Å²) in [7, 11) is 1.70. The molecule has 1 aliphatic rings. The van der Waals surface area contributed by atoms with Crippen molar-refractivity contribution >= 4 is 36.2 Å². The second kappa shape index (κ2) is 10.9. The van der Waals surface area contributed by atoms with Gasteiger partial charge in [0.25, 0.3) is 0 Å². The van der Waals surface area contributed by atoms with Crippen LogP contribution in [0.15, 0.2) is 35.7 Å². The highest BCUT2D eigenvalue weighted by molar-refractivity contribution is 7.10. The minimum atomic E-state index is 0. The molecule has 1 N–H and O–H groups in total. The lowest BCUT2D eigenvalue weighted by molar-refractivity contribution is 0.200. The monoisotopic (exact) mass is 404 g/mol. The first-order valence-corrected chi connectivity index (χ1v) is 9.00. The Balaban J connectivity index is 0.00000156. The largest absolute Gasteiger partial charge is 0.493 e. The molecule has 1 aliphatic heterocycles. The fraction of sp³-hybridized carbons (Fsp3) is 0.444. The number of methoxy groups -OCH3 is 1. The zero-order valence-corrected chi connectivity index (χ0v) is 17.0. The molecular weight excluding hydrogens is 379 g/mol. The van der Waals surface area contributed by atoms with E-state index in [9.17, 15) is 0 Å². The fourth-order valence-corrected chi connectivity index (χ4v) is 3.96. The lowest BCUT2D eigenvalue weighted by Crippen LogP contribution is -2.45. The average Bonchev–Trinajstić information content (AvgIpc) is 3.11. The number of nitrogens with zero attached hydrogens (tertiary/aromatic N) is 1. The van der Waals surface area contributed by atoms with Crippen LogP contribution in [0.5, 0.6) is 11.5 Å². The Kier molecular flexibility index (Phi) is 9.61. The van der Waals surface area contributed by atoms with Gasteiger partial charge in [-0.2, -0.15) is 0 Å². The van der Waals surface area contributed by atoms with E-state index in [-0.39, 0.29) is 30.9 Å². The van der Waals surface area contributed by atoms with Gasteiger partial charge in [0.1, 0.15) is 0 Å². The van der Waals surface area contributed by atoms with Gasteiger partial charge in [-0.3, -0.25) is 4.90 Å². The minimum Gasteiger partial charge on any atom is -0.493 e. The lowest BCUT2D eigenvalue weighted by Gasteiger charge is -2.35. The van der Waals surface area contributed by atoms with Crippen molar-refractivity contribution in [3.63, 3.8) is 0 Å². The quantitative estimate of drug-likeness (QED) is 0.788.